The van der Waals surface area contributed by atoms with Gasteiger partial charge in [0, 0.05) is 9.37 Å². The van der Waals surface area contributed by atoms with E-state index in [0.717, 1.165) is 14.4 Å². The molecule has 2 aromatic rings. The average Bonchev–Trinajstić information content (AvgIpc) is 2.28. The van der Waals surface area contributed by atoms with Crippen LogP contribution in [0.3, 0.4) is 0 Å². The molecule has 0 saturated heterocycles. The third-order valence-electron chi connectivity index (χ3n) is 1.81. The minimum absolute atomic E-state index is 0.106. The van der Waals surface area contributed by atoms with E-state index in [9.17, 15) is 4.79 Å². The van der Waals surface area contributed by atoms with E-state index >= 15 is 0 Å². The van der Waals surface area contributed by atoms with E-state index in [-0.39, 0.29) is 5.56 Å². The number of H-pyrrole nitrogens is 1. The van der Waals surface area contributed by atoms with Crippen LogP contribution in [0.5, 0.6) is 0 Å². The van der Waals surface area contributed by atoms with Crippen LogP contribution in [0, 0.1) is 3.57 Å². The molecule has 2 rings (SSSR count). The molecule has 1 N–H and O–H groups in total. The fourth-order valence-electron chi connectivity index (χ4n) is 1.07. The Bertz CT molecular complexity index is 573. The van der Waals surface area contributed by atoms with Gasteiger partial charge >= 0.3 is 0 Å². The highest BCUT2D eigenvalue weighted by Crippen LogP contribution is 2.33. The Labute approximate surface area is 118 Å². The van der Waals surface area contributed by atoms with Gasteiger partial charge < -0.3 is 4.98 Å². The molecule has 3 nitrogen and oxygen atoms in total. The highest BCUT2D eigenvalue weighted by atomic mass is 127. The number of nitrogens with one attached hydrogen (secondary N) is 1. The van der Waals surface area contributed by atoms with Crippen LogP contribution in [0.4, 0.5) is 0 Å². The van der Waals surface area contributed by atoms with Crippen LogP contribution >= 0.6 is 50.3 Å². The van der Waals surface area contributed by atoms with Crippen LogP contribution in [0.2, 0.25) is 0 Å². The van der Waals surface area contributed by atoms with Crippen LogP contribution in [0.15, 0.2) is 49.8 Å². The lowest BCUT2D eigenvalue weighted by atomic mass is 10.4. The third-order valence-corrected chi connectivity index (χ3v) is 5.21. The zero-order chi connectivity index (χ0) is 11.5. The summed E-state index contributed by atoms with van der Waals surface area (Å²) in [6, 6.07) is 7.84. The first-order valence-electron chi connectivity index (χ1n) is 4.34. The third kappa shape index (κ3) is 2.67. The van der Waals surface area contributed by atoms with Crippen molar-refractivity contribution in [3.05, 3.63) is 49.0 Å². The van der Waals surface area contributed by atoms with Gasteiger partial charge in [-0.1, -0.05) is 23.9 Å². The normalized spacial score (nSPS) is 10.4. The number of rotatable bonds is 2. The van der Waals surface area contributed by atoms with Crippen molar-refractivity contribution in [2.45, 2.75) is 9.92 Å². The van der Waals surface area contributed by atoms with Crippen LogP contribution in [0.25, 0.3) is 0 Å². The van der Waals surface area contributed by atoms with E-state index in [2.05, 4.69) is 25.9 Å². The molecular formula is C10H6BrIN2OS. The van der Waals surface area contributed by atoms with Gasteiger partial charge in [-0.15, -0.1) is 0 Å². The van der Waals surface area contributed by atoms with Gasteiger partial charge in [-0.05, 0) is 50.7 Å². The molecule has 1 aromatic carbocycles. The fourth-order valence-corrected chi connectivity index (χ4v) is 3.03. The molecule has 82 valence electrons. The maximum absolute atomic E-state index is 11.4. The summed E-state index contributed by atoms with van der Waals surface area (Å²) in [5.41, 5.74) is -0.106. The van der Waals surface area contributed by atoms with Gasteiger partial charge in [0.25, 0.3) is 5.56 Å². The van der Waals surface area contributed by atoms with Crippen molar-refractivity contribution in [2.75, 3.05) is 0 Å². The lowest BCUT2D eigenvalue weighted by Crippen LogP contribution is -2.10. The van der Waals surface area contributed by atoms with Crippen LogP contribution in [-0.4, -0.2) is 9.97 Å². The zero-order valence-corrected chi connectivity index (χ0v) is 12.5. The molecule has 0 unspecified atom stereocenters. The second-order valence-electron chi connectivity index (χ2n) is 2.88. The molecule has 0 fully saturated rings. The molecule has 0 aliphatic rings. The Balaban J connectivity index is 2.38. The van der Waals surface area contributed by atoms with Gasteiger partial charge in [-0.2, -0.15) is 0 Å². The number of halogens is 2. The predicted molar refractivity (Wildman–Crippen MR) is 75.8 cm³/mol. The average molecular weight is 409 g/mol. The van der Waals surface area contributed by atoms with Crippen molar-refractivity contribution in [3.63, 3.8) is 0 Å². The molecule has 0 saturated carbocycles. The van der Waals surface area contributed by atoms with Crippen LogP contribution < -0.4 is 5.56 Å². The summed E-state index contributed by atoms with van der Waals surface area (Å²) in [5, 5.41) is 0.719. The van der Waals surface area contributed by atoms with Crippen molar-refractivity contribution in [3.8, 4) is 0 Å². The van der Waals surface area contributed by atoms with Gasteiger partial charge in [0.05, 0.1) is 6.33 Å². The maximum Gasteiger partial charge on any atom is 0.265 e. The van der Waals surface area contributed by atoms with Gasteiger partial charge in [0.2, 0.25) is 0 Å². The topological polar surface area (TPSA) is 45.8 Å². The van der Waals surface area contributed by atoms with Gasteiger partial charge in [0.15, 0.2) is 0 Å². The number of hydrogen-bond acceptors (Lipinski definition) is 3. The Kier molecular flexibility index (Phi) is 4.04. The Morgan fingerprint density at radius 3 is 2.88 bits per heavy atom. The summed E-state index contributed by atoms with van der Waals surface area (Å²) in [7, 11) is 0. The summed E-state index contributed by atoms with van der Waals surface area (Å²) < 4.78 is 1.61. The fraction of sp³-hybridized carbons (Fsp3) is 0. The summed E-state index contributed by atoms with van der Waals surface area (Å²) >= 11 is 6.93. The minimum Gasteiger partial charge on any atom is -0.312 e. The summed E-state index contributed by atoms with van der Waals surface area (Å²) in [6.07, 6.45) is 1.42. The first-order valence-corrected chi connectivity index (χ1v) is 7.03. The SMILES string of the molecule is O=c1[nH]cnc(Sc2ccccc2Br)c1I. The number of hydrogen-bond donors (Lipinski definition) is 1. The molecule has 16 heavy (non-hydrogen) atoms. The van der Waals surface area contributed by atoms with Crippen molar-refractivity contribution < 1.29 is 0 Å². The van der Waals surface area contributed by atoms with Crippen molar-refractivity contribution in [1.29, 1.82) is 0 Å². The number of aromatic amines is 1. The highest BCUT2D eigenvalue weighted by molar-refractivity contribution is 14.1. The molecule has 0 aliphatic heterocycles. The van der Waals surface area contributed by atoms with Crippen molar-refractivity contribution >= 4 is 50.3 Å². The van der Waals surface area contributed by atoms with Crippen molar-refractivity contribution in [2.24, 2.45) is 0 Å². The molecule has 6 heteroatoms. The summed E-state index contributed by atoms with van der Waals surface area (Å²) in [5.74, 6) is 0. The molecule has 0 amide bonds. The second kappa shape index (κ2) is 5.33. The van der Waals surface area contributed by atoms with Crippen LogP contribution in [0.1, 0.15) is 0 Å². The van der Waals surface area contributed by atoms with E-state index in [0.29, 0.717) is 3.57 Å². The van der Waals surface area contributed by atoms with E-state index in [4.69, 9.17) is 0 Å². The lowest BCUT2D eigenvalue weighted by Gasteiger charge is -2.03. The number of nitrogens with zero attached hydrogens (tertiary/aromatic N) is 1. The van der Waals surface area contributed by atoms with Gasteiger partial charge in [-0.3, -0.25) is 4.79 Å². The number of benzene rings is 1. The molecular weight excluding hydrogens is 403 g/mol. The van der Waals surface area contributed by atoms with E-state index in [1.54, 1.807) is 0 Å². The quantitative estimate of drug-likeness (QED) is 0.612. The largest absolute Gasteiger partial charge is 0.312 e. The second-order valence-corrected chi connectivity index (χ2v) is 5.85. The van der Waals surface area contributed by atoms with E-state index in [1.165, 1.54) is 18.1 Å². The highest BCUT2D eigenvalue weighted by Gasteiger charge is 2.08. The Hall–Kier alpha value is -0.340. The van der Waals surface area contributed by atoms with E-state index in [1.807, 2.05) is 46.9 Å². The predicted octanol–water partition coefficient (Wildman–Crippen LogP) is 3.29. The van der Waals surface area contributed by atoms with Gasteiger partial charge in [-0.25, -0.2) is 4.98 Å². The molecule has 0 spiro atoms. The zero-order valence-electron chi connectivity index (χ0n) is 7.91. The lowest BCUT2D eigenvalue weighted by molar-refractivity contribution is 0.987. The molecule has 0 bridgehead atoms. The Morgan fingerprint density at radius 2 is 2.12 bits per heavy atom. The maximum atomic E-state index is 11.4. The van der Waals surface area contributed by atoms with Gasteiger partial charge in [0.1, 0.15) is 8.60 Å². The molecule has 0 radical (unpaired) electrons. The molecule has 1 heterocycles. The summed E-state index contributed by atoms with van der Waals surface area (Å²) in [6.45, 7) is 0. The monoisotopic (exact) mass is 408 g/mol. The first kappa shape index (κ1) is 12.1. The molecule has 0 atom stereocenters. The minimum atomic E-state index is -0.106. The smallest absolute Gasteiger partial charge is 0.265 e. The molecule has 0 aliphatic carbocycles. The van der Waals surface area contributed by atoms with Crippen LogP contribution in [-0.2, 0) is 0 Å². The number of aromatic nitrogens is 2. The summed E-state index contributed by atoms with van der Waals surface area (Å²) in [4.78, 5) is 19.1. The van der Waals surface area contributed by atoms with Crippen molar-refractivity contribution in [1.82, 2.24) is 9.97 Å². The molecule has 1 aromatic heterocycles. The van der Waals surface area contributed by atoms with E-state index < -0.39 is 0 Å². The first-order chi connectivity index (χ1) is 7.68. The Morgan fingerprint density at radius 1 is 1.38 bits per heavy atom. The standard InChI is InChI=1S/C10H6BrIN2OS/c11-6-3-1-2-4-7(6)16-10-8(12)9(15)13-5-14-10/h1-5H,(H,13,14,15).